The summed E-state index contributed by atoms with van der Waals surface area (Å²) < 4.78 is 11.0. The molecule has 0 saturated carbocycles. The second kappa shape index (κ2) is 16.4. The monoisotopic (exact) mass is 605 g/mol. The van der Waals surface area contributed by atoms with Gasteiger partial charge in [0.2, 0.25) is 23.6 Å². The van der Waals surface area contributed by atoms with Crippen LogP contribution in [-0.2, 0) is 41.7 Å². The van der Waals surface area contributed by atoms with Gasteiger partial charge in [-0.15, -0.1) is 0 Å². The zero-order chi connectivity index (χ0) is 31.3. The third kappa shape index (κ3) is 12.2. The first-order chi connectivity index (χ1) is 19.8. The highest BCUT2D eigenvalue weighted by molar-refractivity contribution is 7.80. The number of thiol groups is 1. The fourth-order valence-corrected chi connectivity index (χ4v) is 3.75. The minimum Gasteiger partial charge on any atom is -0.444 e. The predicted molar refractivity (Wildman–Crippen MR) is 156 cm³/mol. The van der Waals surface area contributed by atoms with Crippen molar-refractivity contribution in [2.75, 3.05) is 12.4 Å². The zero-order valence-electron chi connectivity index (χ0n) is 24.0. The van der Waals surface area contributed by atoms with Gasteiger partial charge >= 0.3 is 6.09 Å². The van der Waals surface area contributed by atoms with Crippen LogP contribution < -0.4 is 27.0 Å². The Morgan fingerprint density at radius 3 is 2.17 bits per heavy atom. The van der Waals surface area contributed by atoms with Crippen LogP contribution in [0.4, 0.5) is 4.79 Å². The fraction of sp³-hybridized carbons (Fsp3) is 0.481. The van der Waals surface area contributed by atoms with Gasteiger partial charge in [-0.25, -0.2) is 9.78 Å². The molecule has 1 aromatic carbocycles. The van der Waals surface area contributed by atoms with E-state index in [4.69, 9.17) is 15.2 Å². The number of primary amides is 1. The Balaban J connectivity index is 2.18. The SMILES string of the molecule is C[C@H](NC(=O)[C@H](COCc1ccccc1)NC(=O)[C@H](Cc1cnc[nH]1)NC(=O)OC(C)(C)C)C(=O)N[C@@H](CS)C(N)=O. The Labute approximate surface area is 249 Å². The van der Waals surface area contributed by atoms with Crippen LogP contribution in [0.5, 0.6) is 0 Å². The van der Waals surface area contributed by atoms with Gasteiger partial charge in [0.15, 0.2) is 0 Å². The number of benzene rings is 1. The molecule has 2 rings (SSSR count). The van der Waals surface area contributed by atoms with Crippen LogP contribution in [0.3, 0.4) is 0 Å². The van der Waals surface area contributed by atoms with Crippen LogP contribution >= 0.6 is 12.6 Å². The highest BCUT2D eigenvalue weighted by atomic mass is 32.1. The highest BCUT2D eigenvalue weighted by Crippen LogP contribution is 2.08. The maximum absolute atomic E-state index is 13.4. The average molecular weight is 606 g/mol. The zero-order valence-corrected chi connectivity index (χ0v) is 24.9. The van der Waals surface area contributed by atoms with E-state index in [0.29, 0.717) is 5.69 Å². The third-order valence-electron chi connectivity index (χ3n) is 5.61. The molecule has 0 bridgehead atoms. The predicted octanol–water partition coefficient (Wildman–Crippen LogP) is -0.0483. The first kappa shape index (κ1) is 34.1. The minimum atomic E-state index is -1.27. The highest BCUT2D eigenvalue weighted by Gasteiger charge is 2.31. The largest absolute Gasteiger partial charge is 0.444 e. The van der Waals surface area contributed by atoms with Gasteiger partial charge in [-0.05, 0) is 33.3 Å². The van der Waals surface area contributed by atoms with Crippen LogP contribution in [0.1, 0.15) is 39.0 Å². The van der Waals surface area contributed by atoms with E-state index in [1.807, 2.05) is 30.3 Å². The van der Waals surface area contributed by atoms with E-state index >= 15 is 0 Å². The lowest BCUT2D eigenvalue weighted by Crippen LogP contribution is -2.59. The number of nitrogens with zero attached hydrogens (tertiary/aromatic N) is 1. The van der Waals surface area contributed by atoms with E-state index < -0.39 is 59.5 Å². The van der Waals surface area contributed by atoms with E-state index in [9.17, 15) is 24.0 Å². The quantitative estimate of drug-likeness (QED) is 0.137. The smallest absolute Gasteiger partial charge is 0.408 e. The van der Waals surface area contributed by atoms with E-state index in [1.165, 1.54) is 19.4 Å². The molecule has 14 nitrogen and oxygen atoms in total. The molecule has 0 unspecified atom stereocenters. The summed E-state index contributed by atoms with van der Waals surface area (Å²) in [6, 6.07) is 4.62. The van der Waals surface area contributed by atoms with Gasteiger partial charge < -0.3 is 41.5 Å². The van der Waals surface area contributed by atoms with Gasteiger partial charge in [0, 0.05) is 24.1 Å². The van der Waals surface area contributed by atoms with E-state index in [-0.39, 0.29) is 25.4 Å². The summed E-state index contributed by atoms with van der Waals surface area (Å²) in [4.78, 5) is 70.0. The topological polar surface area (TPSA) is 207 Å². The third-order valence-corrected chi connectivity index (χ3v) is 5.98. The number of ether oxygens (including phenoxy) is 2. The molecule has 2 aromatic rings. The van der Waals surface area contributed by atoms with Crippen molar-refractivity contribution >= 4 is 42.4 Å². The summed E-state index contributed by atoms with van der Waals surface area (Å²) in [7, 11) is 0. The molecule has 15 heteroatoms. The second-order valence-electron chi connectivity index (χ2n) is 10.4. The normalized spacial score (nSPS) is 14.0. The van der Waals surface area contributed by atoms with Gasteiger partial charge in [-0.1, -0.05) is 30.3 Å². The number of nitrogens with two attached hydrogens (primary N) is 1. The van der Waals surface area contributed by atoms with E-state index in [0.717, 1.165) is 5.56 Å². The summed E-state index contributed by atoms with van der Waals surface area (Å²) in [5.41, 5.74) is 5.82. The molecule has 0 fully saturated rings. The molecule has 0 aliphatic rings. The van der Waals surface area contributed by atoms with Crippen LogP contribution in [0, 0.1) is 0 Å². The molecule has 0 saturated heterocycles. The van der Waals surface area contributed by atoms with Crippen molar-refractivity contribution < 1.29 is 33.4 Å². The number of aromatic nitrogens is 2. The molecule has 4 atom stereocenters. The van der Waals surface area contributed by atoms with Gasteiger partial charge in [-0.3, -0.25) is 19.2 Å². The number of amides is 5. The Hall–Kier alpha value is -4.11. The number of imidazole rings is 1. The molecular formula is C27H39N7O7S. The van der Waals surface area contributed by atoms with Gasteiger partial charge in [0.05, 0.1) is 19.5 Å². The minimum absolute atomic E-state index is 0.0152. The number of aromatic amines is 1. The van der Waals surface area contributed by atoms with Crippen molar-refractivity contribution in [3.8, 4) is 0 Å². The van der Waals surface area contributed by atoms with Crippen molar-refractivity contribution in [2.45, 2.75) is 70.5 Å². The van der Waals surface area contributed by atoms with Crippen LogP contribution in [0.25, 0.3) is 0 Å². The van der Waals surface area contributed by atoms with Crippen LogP contribution in [-0.4, -0.2) is 81.8 Å². The maximum Gasteiger partial charge on any atom is 0.408 e. The number of H-pyrrole nitrogens is 1. The van der Waals surface area contributed by atoms with Crippen molar-refractivity contribution in [1.82, 2.24) is 31.2 Å². The number of rotatable bonds is 15. The number of carbonyl (C=O) groups excluding carboxylic acids is 5. The second-order valence-corrected chi connectivity index (χ2v) is 10.8. The molecule has 0 radical (unpaired) electrons. The Morgan fingerprint density at radius 2 is 1.60 bits per heavy atom. The molecule has 0 spiro atoms. The summed E-state index contributed by atoms with van der Waals surface area (Å²) in [5.74, 6) is -2.94. The van der Waals surface area contributed by atoms with E-state index in [2.05, 4.69) is 43.9 Å². The van der Waals surface area contributed by atoms with Gasteiger partial charge in [-0.2, -0.15) is 12.6 Å². The van der Waals surface area contributed by atoms with E-state index in [1.54, 1.807) is 20.8 Å². The molecule has 5 amide bonds. The molecule has 42 heavy (non-hydrogen) atoms. The molecule has 7 N–H and O–H groups in total. The number of alkyl carbamates (subject to hydrolysis) is 1. The van der Waals surface area contributed by atoms with Crippen molar-refractivity contribution in [1.29, 1.82) is 0 Å². The molecule has 0 aliphatic carbocycles. The standard InChI is InChI=1S/C27H39N7O7S/c1-16(23(36)33-21(14-42)22(28)35)31-25(38)20(13-40-12-17-8-6-5-7-9-17)32-24(37)19(10-18-11-29-15-30-18)34-26(39)41-27(2,3)4/h5-9,11,15-16,19-21,42H,10,12-14H2,1-4H3,(H2,28,35)(H,29,30)(H,31,38)(H,32,37)(H,33,36)(H,34,39)/t16-,19-,20-,21-/m0/s1. The first-order valence-electron chi connectivity index (χ1n) is 13.2. The molecular weight excluding hydrogens is 566 g/mol. The number of hydrogen-bond donors (Lipinski definition) is 7. The summed E-state index contributed by atoms with van der Waals surface area (Å²) in [5, 5.41) is 10.0. The first-order valence-corrected chi connectivity index (χ1v) is 13.8. The lowest BCUT2D eigenvalue weighted by molar-refractivity contribution is -0.134. The lowest BCUT2D eigenvalue weighted by atomic mass is 10.1. The molecule has 1 aromatic heterocycles. The number of carbonyl (C=O) groups is 5. The van der Waals surface area contributed by atoms with Gasteiger partial charge in [0.25, 0.3) is 0 Å². The van der Waals surface area contributed by atoms with Crippen molar-refractivity contribution in [2.24, 2.45) is 5.73 Å². The Bertz CT molecular complexity index is 1190. The van der Waals surface area contributed by atoms with Crippen LogP contribution in [0.15, 0.2) is 42.9 Å². The van der Waals surface area contributed by atoms with Crippen molar-refractivity contribution in [3.05, 3.63) is 54.1 Å². The number of hydrogen-bond acceptors (Lipinski definition) is 9. The molecule has 0 aliphatic heterocycles. The lowest BCUT2D eigenvalue weighted by Gasteiger charge is -2.26. The fourth-order valence-electron chi connectivity index (χ4n) is 3.48. The average Bonchev–Trinajstić information content (AvgIpc) is 3.43. The van der Waals surface area contributed by atoms with Crippen LogP contribution in [0.2, 0.25) is 0 Å². The molecule has 1 heterocycles. The summed E-state index contributed by atoms with van der Waals surface area (Å²) in [6.07, 6.45) is 2.10. The summed E-state index contributed by atoms with van der Waals surface area (Å²) >= 11 is 3.99. The Kier molecular flexibility index (Phi) is 13.3. The maximum atomic E-state index is 13.4. The summed E-state index contributed by atoms with van der Waals surface area (Å²) in [6.45, 7) is 6.33. The Morgan fingerprint density at radius 1 is 0.952 bits per heavy atom. The molecule has 230 valence electrons. The number of nitrogens with one attached hydrogen (secondary N) is 5. The van der Waals surface area contributed by atoms with Crippen molar-refractivity contribution in [3.63, 3.8) is 0 Å². The van der Waals surface area contributed by atoms with Gasteiger partial charge in [0.1, 0.15) is 29.8 Å².